The Morgan fingerprint density at radius 3 is 2.66 bits per heavy atom. The highest BCUT2D eigenvalue weighted by Crippen LogP contribution is 2.24. The third-order valence-corrected chi connectivity index (χ3v) is 5.48. The summed E-state index contributed by atoms with van der Waals surface area (Å²) < 4.78 is 1.76. The van der Waals surface area contributed by atoms with Crippen LogP contribution in [0.2, 0.25) is 0 Å². The molecule has 0 unspecified atom stereocenters. The SMILES string of the molecule is O=C(NCCCN1C(=O)CCC1=O)c1csc(-c2cnn(-c3ccccc3)c2)n1. The van der Waals surface area contributed by atoms with E-state index in [1.54, 1.807) is 16.3 Å². The number of hydrogen-bond donors (Lipinski definition) is 1. The second-order valence-electron chi connectivity index (χ2n) is 6.60. The molecule has 0 bridgehead atoms. The number of likely N-dealkylation sites (tertiary alicyclic amines) is 1. The van der Waals surface area contributed by atoms with Gasteiger partial charge in [-0.25, -0.2) is 9.67 Å². The fraction of sp³-hybridized carbons (Fsp3) is 0.250. The fourth-order valence-corrected chi connectivity index (χ4v) is 3.84. The molecule has 4 rings (SSSR count). The van der Waals surface area contributed by atoms with Gasteiger partial charge in [0.2, 0.25) is 11.8 Å². The van der Waals surface area contributed by atoms with Gasteiger partial charge in [0.05, 0.1) is 11.9 Å². The predicted octanol–water partition coefficient (Wildman–Crippen LogP) is 2.26. The second kappa shape index (κ2) is 8.36. The van der Waals surface area contributed by atoms with Crippen molar-refractivity contribution in [2.75, 3.05) is 13.1 Å². The molecule has 1 saturated heterocycles. The zero-order valence-corrected chi connectivity index (χ0v) is 16.4. The minimum Gasteiger partial charge on any atom is -0.351 e. The van der Waals surface area contributed by atoms with Crippen LogP contribution in [0.3, 0.4) is 0 Å². The van der Waals surface area contributed by atoms with E-state index in [-0.39, 0.29) is 30.6 Å². The largest absolute Gasteiger partial charge is 0.351 e. The molecule has 8 nitrogen and oxygen atoms in total. The van der Waals surface area contributed by atoms with Crippen molar-refractivity contribution in [3.8, 4) is 16.3 Å². The Bertz CT molecular complexity index is 1030. The first kappa shape index (κ1) is 19.0. The number of nitrogens with one attached hydrogen (secondary N) is 1. The van der Waals surface area contributed by atoms with Crippen molar-refractivity contribution in [1.82, 2.24) is 25.0 Å². The Balaban J connectivity index is 1.32. The molecule has 1 N–H and O–H groups in total. The van der Waals surface area contributed by atoms with Gasteiger partial charge in [-0.1, -0.05) is 18.2 Å². The first-order valence-corrected chi connectivity index (χ1v) is 10.2. The summed E-state index contributed by atoms with van der Waals surface area (Å²) in [6.45, 7) is 0.702. The first-order valence-electron chi connectivity index (χ1n) is 9.29. The van der Waals surface area contributed by atoms with Gasteiger partial charge in [0, 0.05) is 43.1 Å². The molecule has 0 aliphatic carbocycles. The van der Waals surface area contributed by atoms with Gasteiger partial charge in [-0.05, 0) is 18.6 Å². The van der Waals surface area contributed by atoms with Crippen molar-refractivity contribution in [3.63, 3.8) is 0 Å². The van der Waals surface area contributed by atoms with Crippen molar-refractivity contribution < 1.29 is 14.4 Å². The summed E-state index contributed by atoms with van der Waals surface area (Å²) in [5.74, 6) is -0.551. The molecule has 29 heavy (non-hydrogen) atoms. The van der Waals surface area contributed by atoms with Crippen molar-refractivity contribution in [2.24, 2.45) is 0 Å². The average Bonchev–Trinajstić information content (AvgIpc) is 3.47. The van der Waals surface area contributed by atoms with E-state index in [1.165, 1.54) is 16.2 Å². The molecule has 1 aliphatic rings. The van der Waals surface area contributed by atoms with E-state index in [0.29, 0.717) is 30.2 Å². The molecular weight excluding hydrogens is 390 g/mol. The van der Waals surface area contributed by atoms with Crippen LogP contribution in [-0.2, 0) is 9.59 Å². The number of benzene rings is 1. The standard InChI is InChI=1S/C20H19N5O3S/c26-17-7-8-18(27)24(17)10-4-9-21-19(28)16-13-29-20(23-16)14-11-22-25(12-14)15-5-2-1-3-6-15/h1-3,5-6,11-13H,4,7-10H2,(H,21,28). The maximum absolute atomic E-state index is 12.3. The average molecular weight is 409 g/mol. The molecule has 0 radical (unpaired) electrons. The predicted molar refractivity (Wildman–Crippen MR) is 108 cm³/mol. The summed E-state index contributed by atoms with van der Waals surface area (Å²) in [5, 5.41) is 9.55. The zero-order chi connectivity index (χ0) is 20.2. The minimum atomic E-state index is -0.276. The topological polar surface area (TPSA) is 97.2 Å². The highest BCUT2D eigenvalue weighted by Gasteiger charge is 2.28. The Hall–Kier alpha value is -3.33. The molecule has 0 atom stereocenters. The first-order chi connectivity index (χ1) is 14.1. The maximum atomic E-state index is 12.3. The lowest BCUT2D eigenvalue weighted by Gasteiger charge is -2.13. The highest BCUT2D eigenvalue weighted by atomic mass is 32.1. The van der Waals surface area contributed by atoms with Crippen LogP contribution in [-0.4, -0.2) is 50.5 Å². The van der Waals surface area contributed by atoms with Gasteiger partial charge in [-0.15, -0.1) is 11.3 Å². The van der Waals surface area contributed by atoms with Crippen LogP contribution in [0.25, 0.3) is 16.3 Å². The summed E-state index contributed by atoms with van der Waals surface area (Å²) in [6.07, 6.45) is 4.68. The summed E-state index contributed by atoms with van der Waals surface area (Å²) in [5.41, 5.74) is 2.12. The van der Waals surface area contributed by atoms with Crippen LogP contribution in [0.15, 0.2) is 48.1 Å². The number of thiazole rings is 1. The van der Waals surface area contributed by atoms with Gasteiger partial charge < -0.3 is 5.32 Å². The van der Waals surface area contributed by atoms with Crippen LogP contribution in [0, 0.1) is 0 Å². The highest BCUT2D eigenvalue weighted by molar-refractivity contribution is 7.13. The van der Waals surface area contributed by atoms with Crippen LogP contribution in [0.4, 0.5) is 0 Å². The summed E-state index contributed by atoms with van der Waals surface area (Å²) in [6, 6.07) is 9.75. The number of hydrogen-bond acceptors (Lipinski definition) is 6. The second-order valence-corrected chi connectivity index (χ2v) is 7.45. The molecule has 2 aromatic heterocycles. The number of carbonyl (C=O) groups is 3. The van der Waals surface area contributed by atoms with Crippen molar-refractivity contribution in [3.05, 3.63) is 53.8 Å². The molecule has 1 fully saturated rings. The maximum Gasteiger partial charge on any atom is 0.270 e. The van der Waals surface area contributed by atoms with Gasteiger partial charge in [-0.2, -0.15) is 5.10 Å². The number of carbonyl (C=O) groups excluding carboxylic acids is 3. The Kier molecular flexibility index (Phi) is 5.48. The molecule has 0 saturated carbocycles. The quantitative estimate of drug-likeness (QED) is 0.477. The van der Waals surface area contributed by atoms with E-state index < -0.39 is 0 Å². The normalized spacial score (nSPS) is 13.9. The number of para-hydroxylation sites is 1. The van der Waals surface area contributed by atoms with Crippen LogP contribution in [0.5, 0.6) is 0 Å². The zero-order valence-electron chi connectivity index (χ0n) is 15.6. The number of rotatable bonds is 7. The smallest absolute Gasteiger partial charge is 0.270 e. The lowest BCUT2D eigenvalue weighted by molar-refractivity contribution is -0.138. The Morgan fingerprint density at radius 2 is 1.90 bits per heavy atom. The Labute approximate surface area is 171 Å². The van der Waals surface area contributed by atoms with Gasteiger partial charge in [0.25, 0.3) is 5.91 Å². The summed E-state index contributed by atoms with van der Waals surface area (Å²) >= 11 is 1.38. The van der Waals surface area contributed by atoms with E-state index in [9.17, 15) is 14.4 Å². The van der Waals surface area contributed by atoms with E-state index in [0.717, 1.165) is 11.3 Å². The molecule has 3 aromatic rings. The van der Waals surface area contributed by atoms with Crippen LogP contribution < -0.4 is 5.32 Å². The van der Waals surface area contributed by atoms with Crippen molar-refractivity contribution >= 4 is 29.1 Å². The summed E-state index contributed by atoms with van der Waals surface area (Å²) in [7, 11) is 0. The monoisotopic (exact) mass is 409 g/mol. The fourth-order valence-electron chi connectivity index (χ4n) is 3.07. The van der Waals surface area contributed by atoms with E-state index in [1.807, 2.05) is 36.5 Å². The van der Waals surface area contributed by atoms with Crippen molar-refractivity contribution in [1.29, 1.82) is 0 Å². The lowest BCUT2D eigenvalue weighted by atomic mass is 10.3. The van der Waals surface area contributed by atoms with Crippen LogP contribution in [0.1, 0.15) is 29.8 Å². The van der Waals surface area contributed by atoms with E-state index in [4.69, 9.17) is 0 Å². The van der Waals surface area contributed by atoms with Gasteiger partial charge in [0.15, 0.2) is 0 Å². The number of nitrogens with zero attached hydrogens (tertiary/aromatic N) is 4. The molecular formula is C20H19N5O3S. The molecule has 9 heteroatoms. The van der Waals surface area contributed by atoms with Gasteiger partial charge in [0.1, 0.15) is 10.7 Å². The third-order valence-electron chi connectivity index (χ3n) is 4.59. The number of imide groups is 1. The van der Waals surface area contributed by atoms with E-state index >= 15 is 0 Å². The molecule has 0 spiro atoms. The number of aromatic nitrogens is 3. The molecule has 3 heterocycles. The molecule has 1 aromatic carbocycles. The van der Waals surface area contributed by atoms with Crippen LogP contribution >= 0.6 is 11.3 Å². The van der Waals surface area contributed by atoms with E-state index in [2.05, 4.69) is 15.4 Å². The van der Waals surface area contributed by atoms with Crippen molar-refractivity contribution in [2.45, 2.75) is 19.3 Å². The van der Waals surface area contributed by atoms with Gasteiger partial charge >= 0.3 is 0 Å². The van der Waals surface area contributed by atoms with Gasteiger partial charge in [-0.3, -0.25) is 19.3 Å². The lowest BCUT2D eigenvalue weighted by Crippen LogP contribution is -2.33. The third kappa shape index (κ3) is 4.24. The Morgan fingerprint density at radius 1 is 1.14 bits per heavy atom. The minimum absolute atomic E-state index is 0.137. The molecule has 148 valence electrons. The molecule has 3 amide bonds. The number of amides is 3. The summed E-state index contributed by atoms with van der Waals surface area (Å²) in [4.78, 5) is 41.1. The molecule has 1 aliphatic heterocycles.